The Bertz CT molecular complexity index is 354. The Balaban J connectivity index is 2.24. The molecule has 0 radical (unpaired) electrons. The highest BCUT2D eigenvalue weighted by Crippen LogP contribution is 2.47. The Morgan fingerprint density at radius 1 is 1.38 bits per heavy atom. The van der Waals surface area contributed by atoms with E-state index in [4.69, 9.17) is 4.74 Å². The van der Waals surface area contributed by atoms with Crippen LogP contribution in [0.25, 0.3) is 0 Å². The van der Waals surface area contributed by atoms with Crippen molar-refractivity contribution < 1.29 is 9.84 Å². The molecule has 1 aliphatic rings. The number of para-hydroxylation sites is 1. The monoisotopic (exact) mass is 220 g/mol. The van der Waals surface area contributed by atoms with Crippen LogP contribution in [0.1, 0.15) is 38.7 Å². The predicted molar refractivity (Wildman–Crippen MR) is 64.5 cm³/mol. The van der Waals surface area contributed by atoms with Gasteiger partial charge in [0.05, 0.1) is 12.2 Å². The van der Waals surface area contributed by atoms with Crippen molar-refractivity contribution in [3.05, 3.63) is 29.8 Å². The minimum Gasteiger partial charge on any atom is -0.493 e. The number of hydrogen-bond donors (Lipinski definition) is 1. The van der Waals surface area contributed by atoms with Gasteiger partial charge in [0.2, 0.25) is 0 Å². The third kappa shape index (κ3) is 2.22. The molecule has 0 bridgehead atoms. The van der Waals surface area contributed by atoms with Crippen LogP contribution in [0.15, 0.2) is 24.3 Å². The zero-order chi connectivity index (χ0) is 11.6. The molecule has 1 unspecified atom stereocenters. The van der Waals surface area contributed by atoms with E-state index in [2.05, 4.69) is 6.92 Å². The van der Waals surface area contributed by atoms with Crippen LogP contribution in [0.3, 0.4) is 0 Å². The minimum atomic E-state index is -0.732. The van der Waals surface area contributed by atoms with Crippen molar-refractivity contribution in [2.24, 2.45) is 5.92 Å². The maximum absolute atomic E-state index is 10.5. The van der Waals surface area contributed by atoms with Crippen molar-refractivity contribution in [2.75, 3.05) is 6.61 Å². The fourth-order valence-corrected chi connectivity index (χ4v) is 2.09. The van der Waals surface area contributed by atoms with Crippen molar-refractivity contribution in [3.8, 4) is 5.75 Å². The first-order valence-corrected chi connectivity index (χ1v) is 6.11. The average Bonchev–Trinajstić information content (AvgIpc) is 3.10. The van der Waals surface area contributed by atoms with Gasteiger partial charge in [-0.2, -0.15) is 0 Å². The number of rotatable bonds is 5. The first-order chi connectivity index (χ1) is 7.66. The molecule has 1 atom stereocenters. The fraction of sp³-hybridized carbons (Fsp3) is 0.571. The molecule has 2 rings (SSSR count). The number of aliphatic hydroxyl groups is 1. The summed E-state index contributed by atoms with van der Waals surface area (Å²) in [5.74, 6) is 1.24. The first kappa shape index (κ1) is 11.5. The van der Waals surface area contributed by atoms with E-state index in [1.54, 1.807) is 0 Å². The van der Waals surface area contributed by atoms with Crippen LogP contribution in [0.4, 0.5) is 0 Å². The molecule has 1 aromatic carbocycles. The van der Waals surface area contributed by atoms with E-state index in [-0.39, 0.29) is 0 Å². The Morgan fingerprint density at radius 2 is 2.06 bits per heavy atom. The van der Waals surface area contributed by atoms with Crippen molar-refractivity contribution in [1.29, 1.82) is 0 Å². The third-order valence-electron chi connectivity index (χ3n) is 3.27. The number of ether oxygens (including phenoxy) is 1. The molecule has 1 N–H and O–H groups in total. The average molecular weight is 220 g/mol. The van der Waals surface area contributed by atoms with Gasteiger partial charge in [-0.15, -0.1) is 0 Å². The summed E-state index contributed by atoms with van der Waals surface area (Å²) in [6, 6.07) is 7.84. The van der Waals surface area contributed by atoms with Gasteiger partial charge in [0.15, 0.2) is 0 Å². The van der Waals surface area contributed by atoms with Crippen LogP contribution in [0.2, 0.25) is 0 Å². The molecule has 1 fully saturated rings. The summed E-state index contributed by atoms with van der Waals surface area (Å²) in [4.78, 5) is 0. The van der Waals surface area contributed by atoms with Gasteiger partial charge in [-0.1, -0.05) is 25.1 Å². The van der Waals surface area contributed by atoms with Crippen LogP contribution < -0.4 is 4.74 Å². The van der Waals surface area contributed by atoms with E-state index in [9.17, 15) is 5.11 Å². The molecule has 0 saturated heterocycles. The molecule has 1 aliphatic carbocycles. The Morgan fingerprint density at radius 3 is 2.69 bits per heavy atom. The molecule has 0 aromatic heterocycles. The van der Waals surface area contributed by atoms with Gasteiger partial charge in [-0.3, -0.25) is 0 Å². The fourth-order valence-electron chi connectivity index (χ4n) is 2.09. The summed E-state index contributed by atoms with van der Waals surface area (Å²) in [5.41, 5.74) is 0.204. The van der Waals surface area contributed by atoms with Crippen molar-refractivity contribution in [1.82, 2.24) is 0 Å². The summed E-state index contributed by atoms with van der Waals surface area (Å²) in [6.07, 6.45) is 3.23. The summed E-state index contributed by atoms with van der Waals surface area (Å²) in [7, 11) is 0. The lowest BCUT2D eigenvalue weighted by molar-refractivity contribution is 0.0301. The zero-order valence-corrected chi connectivity index (χ0v) is 10.1. The topological polar surface area (TPSA) is 29.5 Å². The van der Waals surface area contributed by atoms with Crippen molar-refractivity contribution >= 4 is 0 Å². The van der Waals surface area contributed by atoms with Gasteiger partial charge < -0.3 is 9.84 Å². The normalized spacial score (nSPS) is 19.2. The van der Waals surface area contributed by atoms with E-state index in [1.807, 2.05) is 31.2 Å². The van der Waals surface area contributed by atoms with E-state index < -0.39 is 5.60 Å². The molecule has 1 saturated carbocycles. The lowest BCUT2D eigenvalue weighted by Gasteiger charge is -2.26. The summed E-state index contributed by atoms with van der Waals surface area (Å²) < 4.78 is 5.69. The van der Waals surface area contributed by atoms with Gasteiger partial charge in [-0.25, -0.2) is 0 Å². The zero-order valence-electron chi connectivity index (χ0n) is 10.1. The molecule has 0 heterocycles. The Hall–Kier alpha value is -1.02. The smallest absolute Gasteiger partial charge is 0.125 e. The molecule has 2 nitrogen and oxygen atoms in total. The van der Waals surface area contributed by atoms with Gasteiger partial charge >= 0.3 is 0 Å². The number of hydrogen-bond acceptors (Lipinski definition) is 2. The van der Waals surface area contributed by atoms with Gasteiger partial charge in [0.25, 0.3) is 0 Å². The quantitative estimate of drug-likeness (QED) is 0.826. The molecular formula is C14H20O2. The van der Waals surface area contributed by atoms with Gasteiger partial charge in [-0.05, 0) is 38.2 Å². The molecule has 0 amide bonds. The maximum atomic E-state index is 10.5. The SMILES string of the molecule is CCCOc1ccccc1C(C)(O)C1CC1. The molecule has 0 aliphatic heterocycles. The first-order valence-electron chi connectivity index (χ1n) is 6.11. The summed E-state index contributed by atoms with van der Waals surface area (Å²) >= 11 is 0. The Labute approximate surface area is 97.3 Å². The lowest BCUT2D eigenvalue weighted by atomic mass is 9.90. The predicted octanol–water partition coefficient (Wildman–Crippen LogP) is 3.09. The standard InChI is InChI=1S/C14H20O2/c1-3-10-16-13-7-5-4-6-12(13)14(2,15)11-8-9-11/h4-7,11,15H,3,8-10H2,1-2H3. The molecule has 0 spiro atoms. The van der Waals surface area contributed by atoms with Crippen molar-refractivity contribution in [3.63, 3.8) is 0 Å². The van der Waals surface area contributed by atoms with E-state index in [0.29, 0.717) is 12.5 Å². The highest BCUT2D eigenvalue weighted by Gasteiger charge is 2.42. The molecular weight excluding hydrogens is 200 g/mol. The Kier molecular flexibility index (Phi) is 3.20. The van der Waals surface area contributed by atoms with Gasteiger partial charge in [0.1, 0.15) is 5.75 Å². The summed E-state index contributed by atoms with van der Waals surface area (Å²) in [6.45, 7) is 4.69. The van der Waals surface area contributed by atoms with Crippen LogP contribution >= 0.6 is 0 Å². The second-order valence-electron chi connectivity index (χ2n) is 4.77. The number of benzene rings is 1. The minimum absolute atomic E-state index is 0.402. The maximum Gasteiger partial charge on any atom is 0.125 e. The van der Waals surface area contributed by atoms with E-state index in [0.717, 1.165) is 30.6 Å². The van der Waals surface area contributed by atoms with E-state index >= 15 is 0 Å². The summed E-state index contributed by atoms with van der Waals surface area (Å²) in [5, 5.41) is 10.5. The third-order valence-corrected chi connectivity index (χ3v) is 3.27. The highest BCUT2D eigenvalue weighted by atomic mass is 16.5. The molecule has 88 valence electrons. The highest BCUT2D eigenvalue weighted by molar-refractivity contribution is 5.38. The molecule has 1 aromatic rings. The second kappa shape index (κ2) is 4.46. The van der Waals surface area contributed by atoms with Crippen molar-refractivity contribution in [2.45, 2.75) is 38.7 Å². The van der Waals surface area contributed by atoms with Crippen LogP contribution in [-0.4, -0.2) is 11.7 Å². The molecule has 16 heavy (non-hydrogen) atoms. The van der Waals surface area contributed by atoms with Crippen LogP contribution in [0.5, 0.6) is 5.75 Å². The second-order valence-corrected chi connectivity index (χ2v) is 4.77. The van der Waals surface area contributed by atoms with Crippen LogP contribution in [-0.2, 0) is 5.60 Å². The van der Waals surface area contributed by atoms with Crippen LogP contribution in [0, 0.1) is 5.92 Å². The molecule has 2 heteroatoms. The van der Waals surface area contributed by atoms with Gasteiger partial charge in [0, 0.05) is 5.56 Å². The lowest BCUT2D eigenvalue weighted by Crippen LogP contribution is -2.24. The largest absolute Gasteiger partial charge is 0.493 e. The van der Waals surface area contributed by atoms with E-state index in [1.165, 1.54) is 0 Å².